The molecule has 2 rings (SSSR count). The SMILES string of the molecule is C=CCC[C@H](O)CN1CC(=O)N(C2CC2)C1. The van der Waals surface area contributed by atoms with E-state index >= 15 is 0 Å². The summed E-state index contributed by atoms with van der Waals surface area (Å²) in [7, 11) is 0. The first-order valence-corrected chi connectivity index (χ1v) is 6.01. The predicted octanol–water partition coefficient (Wildman–Crippen LogP) is 0.578. The quantitative estimate of drug-likeness (QED) is 0.671. The van der Waals surface area contributed by atoms with E-state index in [4.69, 9.17) is 0 Å². The summed E-state index contributed by atoms with van der Waals surface area (Å²) in [5, 5.41) is 9.75. The molecule has 2 aliphatic rings. The maximum Gasteiger partial charge on any atom is 0.238 e. The molecule has 1 amide bonds. The van der Waals surface area contributed by atoms with Crippen molar-refractivity contribution >= 4 is 5.91 Å². The number of aliphatic hydroxyl groups is 1. The molecule has 1 N–H and O–H groups in total. The summed E-state index contributed by atoms with van der Waals surface area (Å²) in [5.41, 5.74) is 0. The van der Waals surface area contributed by atoms with Gasteiger partial charge in [0.15, 0.2) is 0 Å². The van der Waals surface area contributed by atoms with Crippen molar-refractivity contribution in [3.05, 3.63) is 12.7 Å². The van der Waals surface area contributed by atoms with Gasteiger partial charge in [-0.1, -0.05) is 6.08 Å². The summed E-state index contributed by atoms with van der Waals surface area (Å²) in [5.74, 6) is 0.221. The summed E-state index contributed by atoms with van der Waals surface area (Å²) >= 11 is 0. The van der Waals surface area contributed by atoms with Crippen molar-refractivity contribution < 1.29 is 9.90 Å². The Labute approximate surface area is 96.5 Å². The van der Waals surface area contributed by atoms with E-state index in [9.17, 15) is 9.90 Å². The van der Waals surface area contributed by atoms with Crippen molar-refractivity contribution in [3.8, 4) is 0 Å². The highest BCUT2D eigenvalue weighted by molar-refractivity contribution is 5.80. The molecule has 1 aliphatic carbocycles. The van der Waals surface area contributed by atoms with Crippen molar-refractivity contribution in [1.29, 1.82) is 0 Å². The van der Waals surface area contributed by atoms with Crippen LogP contribution in [0.3, 0.4) is 0 Å². The number of carbonyl (C=O) groups excluding carboxylic acids is 1. The lowest BCUT2D eigenvalue weighted by Crippen LogP contribution is -2.33. The predicted molar refractivity (Wildman–Crippen MR) is 61.7 cm³/mol. The Morgan fingerprint density at radius 3 is 2.94 bits per heavy atom. The van der Waals surface area contributed by atoms with E-state index in [1.807, 2.05) is 15.9 Å². The first-order valence-electron chi connectivity index (χ1n) is 6.01. The summed E-state index contributed by atoms with van der Waals surface area (Å²) < 4.78 is 0. The zero-order chi connectivity index (χ0) is 11.5. The zero-order valence-electron chi connectivity index (χ0n) is 9.64. The number of β-amino-alcohol motifs (C(OH)–C–C–N with tert-alkyl or cyclic N) is 1. The number of carbonyl (C=O) groups is 1. The molecule has 1 saturated carbocycles. The topological polar surface area (TPSA) is 43.8 Å². The van der Waals surface area contributed by atoms with Gasteiger partial charge in [0.25, 0.3) is 0 Å². The van der Waals surface area contributed by atoms with Gasteiger partial charge in [0.1, 0.15) is 0 Å². The number of allylic oxidation sites excluding steroid dienone is 1. The summed E-state index contributed by atoms with van der Waals surface area (Å²) in [4.78, 5) is 15.6. The lowest BCUT2D eigenvalue weighted by atomic mass is 10.2. The fraction of sp³-hybridized carbons (Fsp3) is 0.750. The number of nitrogens with zero attached hydrogens (tertiary/aromatic N) is 2. The van der Waals surface area contributed by atoms with Crippen molar-refractivity contribution in [3.63, 3.8) is 0 Å². The zero-order valence-corrected chi connectivity index (χ0v) is 9.64. The molecule has 1 atom stereocenters. The second kappa shape index (κ2) is 4.97. The van der Waals surface area contributed by atoms with Gasteiger partial charge in [-0.15, -0.1) is 6.58 Å². The van der Waals surface area contributed by atoms with Crippen molar-refractivity contribution in [2.45, 2.75) is 37.8 Å². The van der Waals surface area contributed by atoms with Gasteiger partial charge in [0.05, 0.1) is 19.3 Å². The standard InChI is InChI=1S/C12H20N2O2/c1-2-3-4-11(15)7-13-8-12(16)14(9-13)10-5-6-10/h2,10-11,15H,1,3-9H2/t11-/m0/s1. The van der Waals surface area contributed by atoms with Crippen LogP contribution in [0.1, 0.15) is 25.7 Å². The molecule has 0 aromatic heterocycles. The van der Waals surface area contributed by atoms with Crippen LogP contribution in [0.25, 0.3) is 0 Å². The molecule has 16 heavy (non-hydrogen) atoms. The molecular formula is C12H20N2O2. The number of hydrogen-bond acceptors (Lipinski definition) is 3. The second-order valence-electron chi connectivity index (χ2n) is 4.77. The maximum atomic E-state index is 11.6. The van der Waals surface area contributed by atoms with Crippen molar-refractivity contribution in [2.24, 2.45) is 0 Å². The van der Waals surface area contributed by atoms with Crippen molar-refractivity contribution in [2.75, 3.05) is 19.8 Å². The third kappa shape index (κ3) is 2.83. The molecule has 1 heterocycles. The smallest absolute Gasteiger partial charge is 0.238 e. The van der Waals surface area contributed by atoms with Crippen LogP contribution in [0.4, 0.5) is 0 Å². The van der Waals surface area contributed by atoms with Crippen LogP contribution in [-0.4, -0.2) is 52.7 Å². The number of rotatable bonds is 6. The minimum absolute atomic E-state index is 0.221. The Hall–Kier alpha value is -0.870. The van der Waals surface area contributed by atoms with E-state index in [0.29, 0.717) is 25.8 Å². The molecule has 4 heteroatoms. The molecule has 0 aromatic rings. The average molecular weight is 224 g/mol. The minimum Gasteiger partial charge on any atom is -0.392 e. The van der Waals surface area contributed by atoms with Crippen LogP contribution in [0.2, 0.25) is 0 Å². The van der Waals surface area contributed by atoms with Gasteiger partial charge in [-0.25, -0.2) is 0 Å². The normalized spacial score (nSPS) is 23.8. The van der Waals surface area contributed by atoms with Gasteiger partial charge in [-0.2, -0.15) is 0 Å². The van der Waals surface area contributed by atoms with Gasteiger partial charge in [-0.05, 0) is 25.7 Å². The van der Waals surface area contributed by atoms with Gasteiger partial charge in [0, 0.05) is 12.6 Å². The van der Waals surface area contributed by atoms with Gasteiger partial charge in [-0.3, -0.25) is 9.69 Å². The van der Waals surface area contributed by atoms with Crippen LogP contribution in [0.15, 0.2) is 12.7 Å². The van der Waals surface area contributed by atoms with Crippen LogP contribution in [-0.2, 0) is 4.79 Å². The summed E-state index contributed by atoms with van der Waals surface area (Å²) in [6.45, 7) is 5.41. The maximum absolute atomic E-state index is 11.6. The molecule has 4 nitrogen and oxygen atoms in total. The van der Waals surface area contributed by atoms with Crippen LogP contribution >= 0.6 is 0 Å². The first-order chi connectivity index (χ1) is 7.70. The van der Waals surface area contributed by atoms with E-state index in [1.165, 1.54) is 0 Å². The summed E-state index contributed by atoms with van der Waals surface area (Å²) in [6.07, 6.45) is 5.34. The first kappa shape index (κ1) is 11.6. The molecule has 1 aliphatic heterocycles. The Kier molecular flexibility index (Phi) is 3.61. The second-order valence-corrected chi connectivity index (χ2v) is 4.77. The summed E-state index contributed by atoms with van der Waals surface area (Å²) in [6, 6.07) is 0.489. The highest BCUT2D eigenvalue weighted by Gasteiger charge is 2.38. The van der Waals surface area contributed by atoms with Crippen LogP contribution < -0.4 is 0 Å². The lowest BCUT2D eigenvalue weighted by molar-refractivity contribution is -0.127. The number of aliphatic hydroxyl groups excluding tert-OH is 1. The monoisotopic (exact) mass is 224 g/mol. The van der Waals surface area contributed by atoms with E-state index < -0.39 is 0 Å². The van der Waals surface area contributed by atoms with Gasteiger partial charge >= 0.3 is 0 Å². The number of hydrogen-bond donors (Lipinski definition) is 1. The molecular weight excluding hydrogens is 204 g/mol. The molecule has 2 fully saturated rings. The van der Waals surface area contributed by atoms with E-state index in [-0.39, 0.29) is 12.0 Å². The van der Waals surface area contributed by atoms with Gasteiger partial charge in [0.2, 0.25) is 5.91 Å². The Bertz CT molecular complexity index is 276. The minimum atomic E-state index is -0.343. The molecule has 0 bridgehead atoms. The van der Waals surface area contributed by atoms with Gasteiger partial charge < -0.3 is 10.0 Å². The van der Waals surface area contributed by atoms with Crippen LogP contribution in [0, 0.1) is 0 Å². The molecule has 0 unspecified atom stereocenters. The Morgan fingerprint density at radius 1 is 1.56 bits per heavy atom. The third-order valence-corrected chi connectivity index (χ3v) is 3.19. The third-order valence-electron chi connectivity index (χ3n) is 3.19. The number of amides is 1. The molecule has 0 spiro atoms. The Balaban J connectivity index is 1.74. The van der Waals surface area contributed by atoms with E-state index in [2.05, 4.69) is 6.58 Å². The largest absolute Gasteiger partial charge is 0.392 e. The molecule has 0 radical (unpaired) electrons. The highest BCUT2D eigenvalue weighted by Crippen LogP contribution is 2.29. The fourth-order valence-corrected chi connectivity index (χ4v) is 2.15. The molecule has 0 aromatic carbocycles. The molecule has 1 saturated heterocycles. The van der Waals surface area contributed by atoms with E-state index in [0.717, 1.165) is 25.7 Å². The lowest BCUT2D eigenvalue weighted by Gasteiger charge is -2.20. The van der Waals surface area contributed by atoms with Crippen molar-refractivity contribution in [1.82, 2.24) is 9.80 Å². The highest BCUT2D eigenvalue weighted by atomic mass is 16.3. The average Bonchev–Trinajstić information content (AvgIpc) is 3.01. The Morgan fingerprint density at radius 2 is 2.31 bits per heavy atom. The van der Waals surface area contributed by atoms with E-state index in [1.54, 1.807) is 0 Å². The molecule has 90 valence electrons. The fourth-order valence-electron chi connectivity index (χ4n) is 2.15. The van der Waals surface area contributed by atoms with Crippen LogP contribution in [0.5, 0.6) is 0 Å².